The first-order valence-electron chi connectivity index (χ1n) is 5.11. The summed E-state index contributed by atoms with van der Waals surface area (Å²) in [4.78, 5) is 25.5. The van der Waals surface area contributed by atoms with E-state index in [0.29, 0.717) is 19.6 Å². The van der Waals surface area contributed by atoms with Crippen LogP contribution in [-0.2, 0) is 4.79 Å². The molecular weight excluding hydrogens is 196 g/mol. The monoisotopic (exact) mass is 214 g/mol. The van der Waals surface area contributed by atoms with Crippen LogP contribution < -0.4 is 0 Å². The van der Waals surface area contributed by atoms with Crippen LogP contribution in [0.1, 0.15) is 20.8 Å². The average Bonchev–Trinajstić information content (AvgIpc) is 2.22. The Labute approximate surface area is 89.7 Å². The molecule has 1 rings (SSSR count). The molecule has 0 radical (unpaired) electrons. The molecule has 0 unspecified atom stereocenters. The zero-order valence-corrected chi connectivity index (χ0v) is 9.49. The van der Waals surface area contributed by atoms with E-state index in [1.165, 1.54) is 4.90 Å². The molecule has 0 saturated carbocycles. The van der Waals surface area contributed by atoms with Gasteiger partial charge in [0.25, 0.3) is 0 Å². The zero-order valence-electron chi connectivity index (χ0n) is 9.49. The summed E-state index contributed by atoms with van der Waals surface area (Å²) in [6.45, 7) is 7.50. The van der Waals surface area contributed by atoms with E-state index in [9.17, 15) is 9.59 Å². The maximum atomic E-state index is 11.7. The normalized spacial score (nSPS) is 21.4. The predicted molar refractivity (Wildman–Crippen MR) is 55.6 cm³/mol. The van der Waals surface area contributed by atoms with Crippen LogP contribution in [0.15, 0.2) is 0 Å². The number of hydrogen-bond acceptors (Lipinski definition) is 2. The second-order valence-electron chi connectivity index (χ2n) is 4.71. The van der Waals surface area contributed by atoms with Gasteiger partial charge in [-0.2, -0.15) is 0 Å². The van der Waals surface area contributed by atoms with Gasteiger partial charge in [0.15, 0.2) is 0 Å². The molecule has 15 heavy (non-hydrogen) atoms. The lowest BCUT2D eigenvalue weighted by Gasteiger charge is -2.29. The molecule has 0 atom stereocenters. The van der Waals surface area contributed by atoms with E-state index < -0.39 is 6.09 Å². The maximum absolute atomic E-state index is 11.7. The largest absolute Gasteiger partial charge is 0.465 e. The third-order valence-electron chi connectivity index (χ3n) is 2.57. The highest BCUT2D eigenvalue weighted by Crippen LogP contribution is 2.22. The molecule has 2 amide bonds. The van der Waals surface area contributed by atoms with Gasteiger partial charge in [0.2, 0.25) is 5.91 Å². The molecule has 1 saturated heterocycles. The summed E-state index contributed by atoms with van der Waals surface area (Å²) >= 11 is 0. The molecule has 1 heterocycles. The second kappa shape index (κ2) is 4.08. The Morgan fingerprint density at radius 3 is 2.53 bits per heavy atom. The van der Waals surface area contributed by atoms with Crippen LogP contribution in [0.3, 0.4) is 0 Å². The highest BCUT2D eigenvalue weighted by molar-refractivity contribution is 5.82. The highest BCUT2D eigenvalue weighted by atomic mass is 16.4. The zero-order chi connectivity index (χ0) is 11.6. The number of carbonyl (C=O) groups excluding carboxylic acids is 1. The summed E-state index contributed by atoms with van der Waals surface area (Å²) < 4.78 is 0. The van der Waals surface area contributed by atoms with Gasteiger partial charge < -0.3 is 10.0 Å². The van der Waals surface area contributed by atoms with Crippen molar-refractivity contribution >= 4 is 12.0 Å². The van der Waals surface area contributed by atoms with Gasteiger partial charge in [-0.05, 0) is 6.92 Å². The molecule has 0 aromatic heterocycles. The minimum atomic E-state index is -1.02. The quantitative estimate of drug-likeness (QED) is 0.704. The van der Waals surface area contributed by atoms with Crippen molar-refractivity contribution in [2.75, 3.05) is 26.2 Å². The second-order valence-corrected chi connectivity index (χ2v) is 4.71. The van der Waals surface area contributed by atoms with Crippen LogP contribution >= 0.6 is 0 Å². The molecule has 0 aromatic rings. The summed E-state index contributed by atoms with van der Waals surface area (Å²) in [5, 5.41) is 8.93. The minimum Gasteiger partial charge on any atom is -0.465 e. The Balaban J connectivity index is 2.86. The molecule has 5 nitrogen and oxygen atoms in total. The molecule has 86 valence electrons. The van der Waals surface area contributed by atoms with E-state index in [0.717, 1.165) is 0 Å². The van der Waals surface area contributed by atoms with Gasteiger partial charge in [-0.1, -0.05) is 13.8 Å². The SMILES string of the molecule is CCN1CC(C)(C)CN(C(=O)O)CC1=O. The van der Waals surface area contributed by atoms with E-state index >= 15 is 0 Å². The van der Waals surface area contributed by atoms with Crippen molar-refractivity contribution in [2.45, 2.75) is 20.8 Å². The first-order chi connectivity index (χ1) is 6.85. The van der Waals surface area contributed by atoms with E-state index in [4.69, 9.17) is 5.11 Å². The van der Waals surface area contributed by atoms with Gasteiger partial charge in [-0.3, -0.25) is 9.69 Å². The van der Waals surface area contributed by atoms with Gasteiger partial charge in [0, 0.05) is 25.0 Å². The summed E-state index contributed by atoms with van der Waals surface area (Å²) in [6.07, 6.45) is -1.02. The Hall–Kier alpha value is -1.26. The van der Waals surface area contributed by atoms with Gasteiger partial charge in [0.05, 0.1) is 0 Å². The smallest absolute Gasteiger partial charge is 0.407 e. The lowest BCUT2D eigenvalue weighted by molar-refractivity contribution is -0.131. The lowest BCUT2D eigenvalue weighted by Crippen LogP contribution is -2.38. The Morgan fingerprint density at radius 2 is 2.07 bits per heavy atom. The van der Waals surface area contributed by atoms with E-state index in [2.05, 4.69) is 0 Å². The van der Waals surface area contributed by atoms with Crippen molar-refractivity contribution in [1.82, 2.24) is 9.80 Å². The third kappa shape index (κ3) is 2.84. The van der Waals surface area contributed by atoms with E-state index in [-0.39, 0.29) is 17.9 Å². The van der Waals surface area contributed by atoms with Crippen LogP contribution in [0.4, 0.5) is 4.79 Å². The predicted octanol–water partition coefficient (Wildman–Crippen LogP) is 0.855. The molecule has 0 aliphatic carbocycles. The number of hydrogen-bond donors (Lipinski definition) is 1. The lowest BCUT2D eigenvalue weighted by atomic mass is 9.93. The molecule has 1 fully saturated rings. The van der Waals surface area contributed by atoms with Crippen LogP contribution in [-0.4, -0.2) is 53.1 Å². The van der Waals surface area contributed by atoms with Gasteiger partial charge in [0.1, 0.15) is 6.54 Å². The maximum Gasteiger partial charge on any atom is 0.407 e. The molecule has 5 heteroatoms. The van der Waals surface area contributed by atoms with E-state index in [1.807, 2.05) is 20.8 Å². The molecular formula is C10H18N2O3. The number of nitrogens with zero attached hydrogens (tertiary/aromatic N) is 2. The summed E-state index contributed by atoms with van der Waals surface area (Å²) in [5.41, 5.74) is -0.180. The topological polar surface area (TPSA) is 60.9 Å². The molecule has 0 aromatic carbocycles. The Morgan fingerprint density at radius 1 is 1.47 bits per heavy atom. The van der Waals surface area contributed by atoms with E-state index in [1.54, 1.807) is 4.90 Å². The fourth-order valence-corrected chi connectivity index (χ4v) is 1.91. The standard InChI is InChI=1S/C10H18N2O3/c1-4-11-6-10(2,3)7-12(9(14)15)5-8(11)13/h4-7H2,1-3H3,(H,14,15). The number of carboxylic acid groups (broad SMARTS) is 1. The van der Waals surface area contributed by atoms with Crippen molar-refractivity contribution in [2.24, 2.45) is 5.41 Å². The molecule has 1 aliphatic rings. The summed E-state index contributed by atoms with van der Waals surface area (Å²) in [6, 6.07) is 0. The van der Waals surface area contributed by atoms with Gasteiger partial charge in [-0.25, -0.2) is 4.79 Å². The van der Waals surface area contributed by atoms with Gasteiger partial charge in [-0.15, -0.1) is 0 Å². The molecule has 1 N–H and O–H groups in total. The first-order valence-corrected chi connectivity index (χ1v) is 5.11. The average molecular weight is 214 g/mol. The number of rotatable bonds is 1. The van der Waals surface area contributed by atoms with Crippen molar-refractivity contribution in [3.05, 3.63) is 0 Å². The summed E-state index contributed by atoms with van der Waals surface area (Å²) in [5.74, 6) is -0.106. The Kier molecular flexibility index (Phi) is 3.21. The molecule has 0 spiro atoms. The van der Waals surface area contributed by atoms with Gasteiger partial charge >= 0.3 is 6.09 Å². The molecule has 0 bridgehead atoms. The number of carbonyl (C=O) groups is 2. The van der Waals surface area contributed by atoms with Crippen LogP contribution in [0.25, 0.3) is 0 Å². The van der Waals surface area contributed by atoms with Crippen molar-refractivity contribution in [3.63, 3.8) is 0 Å². The summed E-state index contributed by atoms with van der Waals surface area (Å²) in [7, 11) is 0. The van der Waals surface area contributed by atoms with Crippen LogP contribution in [0, 0.1) is 5.41 Å². The number of amides is 2. The molecule has 1 aliphatic heterocycles. The number of likely N-dealkylation sites (N-methyl/N-ethyl adjacent to an activating group) is 1. The van der Waals surface area contributed by atoms with Crippen molar-refractivity contribution in [3.8, 4) is 0 Å². The van der Waals surface area contributed by atoms with Crippen LogP contribution in [0.2, 0.25) is 0 Å². The van der Waals surface area contributed by atoms with Crippen LogP contribution in [0.5, 0.6) is 0 Å². The Bertz CT molecular complexity index is 276. The highest BCUT2D eigenvalue weighted by Gasteiger charge is 2.33. The first kappa shape index (κ1) is 11.8. The third-order valence-corrected chi connectivity index (χ3v) is 2.57. The minimum absolute atomic E-state index is 0.0212. The van der Waals surface area contributed by atoms with Crippen molar-refractivity contribution < 1.29 is 14.7 Å². The fourth-order valence-electron chi connectivity index (χ4n) is 1.91. The van der Waals surface area contributed by atoms with Crippen molar-refractivity contribution in [1.29, 1.82) is 0 Å². The fraction of sp³-hybridized carbons (Fsp3) is 0.800.